The van der Waals surface area contributed by atoms with Gasteiger partial charge in [-0.05, 0) is 30.7 Å². The molecule has 3 rings (SSSR count). The summed E-state index contributed by atoms with van der Waals surface area (Å²) in [6.45, 7) is 9.32. The van der Waals surface area contributed by atoms with Crippen LogP contribution in [0.15, 0.2) is 24.3 Å². The second-order valence-corrected chi connectivity index (χ2v) is 7.85. The van der Waals surface area contributed by atoms with E-state index in [1.165, 1.54) is 12.0 Å². The first kappa shape index (κ1) is 17.0. The van der Waals surface area contributed by atoms with Crippen molar-refractivity contribution in [3.05, 3.63) is 35.4 Å². The van der Waals surface area contributed by atoms with Crippen LogP contribution in [0.5, 0.6) is 0 Å². The third kappa shape index (κ3) is 3.80. The van der Waals surface area contributed by atoms with E-state index in [0.717, 1.165) is 18.7 Å². The predicted molar refractivity (Wildman–Crippen MR) is 94.2 cm³/mol. The van der Waals surface area contributed by atoms with Crippen molar-refractivity contribution in [1.82, 2.24) is 9.80 Å². The first-order valence-corrected chi connectivity index (χ1v) is 9.04. The van der Waals surface area contributed by atoms with E-state index in [1.807, 2.05) is 9.80 Å². The van der Waals surface area contributed by atoms with Crippen LogP contribution in [0, 0.1) is 24.7 Å². The lowest BCUT2D eigenvalue weighted by Gasteiger charge is -2.36. The van der Waals surface area contributed by atoms with E-state index in [-0.39, 0.29) is 17.7 Å². The van der Waals surface area contributed by atoms with Crippen molar-refractivity contribution in [3.8, 4) is 0 Å². The Morgan fingerprint density at radius 2 is 1.71 bits per heavy atom. The molecule has 1 aromatic carbocycles. The van der Waals surface area contributed by atoms with E-state index in [0.29, 0.717) is 31.3 Å². The molecular formula is C20H28N2O2. The van der Waals surface area contributed by atoms with E-state index in [4.69, 9.17) is 0 Å². The van der Waals surface area contributed by atoms with E-state index >= 15 is 0 Å². The molecule has 0 aliphatic carbocycles. The van der Waals surface area contributed by atoms with Crippen molar-refractivity contribution in [2.24, 2.45) is 17.8 Å². The molecule has 0 saturated carbocycles. The summed E-state index contributed by atoms with van der Waals surface area (Å²) in [5.74, 6) is 1.22. The normalized spacial score (nSPS) is 27.6. The van der Waals surface area contributed by atoms with Crippen LogP contribution in [0.3, 0.4) is 0 Å². The minimum atomic E-state index is -0.166. The molecule has 4 nitrogen and oxygen atoms in total. The lowest BCUT2D eigenvalue weighted by atomic mass is 9.91. The van der Waals surface area contributed by atoms with Gasteiger partial charge in [0.25, 0.3) is 0 Å². The zero-order chi connectivity index (χ0) is 17.3. The van der Waals surface area contributed by atoms with Crippen LogP contribution >= 0.6 is 0 Å². The average molecular weight is 328 g/mol. The fourth-order valence-electron chi connectivity index (χ4n) is 4.11. The maximum atomic E-state index is 12.8. The second-order valence-electron chi connectivity index (χ2n) is 7.85. The third-order valence-electron chi connectivity index (χ3n) is 5.24. The maximum absolute atomic E-state index is 12.8. The molecule has 4 heteroatoms. The molecule has 0 unspecified atom stereocenters. The largest absolute Gasteiger partial charge is 0.342 e. The van der Waals surface area contributed by atoms with Crippen LogP contribution in [-0.2, 0) is 16.1 Å². The number of hydrogen-bond donors (Lipinski definition) is 0. The number of carbonyl (C=O) groups is 2. The molecule has 0 aromatic heterocycles. The Hall–Kier alpha value is -1.84. The van der Waals surface area contributed by atoms with Gasteiger partial charge in [0.15, 0.2) is 0 Å². The Kier molecular flexibility index (Phi) is 4.93. The molecule has 2 saturated heterocycles. The number of rotatable bonds is 3. The summed E-state index contributed by atoms with van der Waals surface area (Å²) >= 11 is 0. The summed E-state index contributed by atoms with van der Waals surface area (Å²) in [6.07, 6.45) is 1.55. The Morgan fingerprint density at radius 1 is 1.08 bits per heavy atom. The van der Waals surface area contributed by atoms with Gasteiger partial charge in [-0.15, -0.1) is 0 Å². The van der Waals surface area contributed by atoms with E-state index in [1.54, 1.807) is 0 Å². The molecule has 3 atom stereocenters. The summed E-state index contributed by atoms with van der Waals surface area (Å²) in [5.41, 5.74) is 2.34. The molecule has 0 bridgehead atoms. The van der Waals surface area contributed by atoms with Gasteiger partial charge in [0.05, 0.1) is 5.92 Å². The molecule has 2 heterocycles. The quantitative estimate of drug-likeness (QED) is 0.856. The molecule has 2 aliphatic rings. The fraction of sp³-hybridized carbons (Fsp3) is 0.600. The summed E-state index contributed by atoms with van der Waals surface area (Å²) in [6, 6.07) is 8.25. The number of likely N-dealkylation sites (tertiary alicyclic amines) is 2. The molecule has 0 radical (unpaired) electrons. The highest BCUT2D eigenvalue weighted by Gasteiger charge is 2.38. The van der Waals surface area contributed by atoms with Crippen LogP contribution < -0.4 is 0 Å². The van der Waals surface area contributed by atoms with Gasteiger partial charge in [0.1, 0.15) is 0 Å². The van der Waals surface area contributed by atoms with Crippen molar-refractivity contribution in [3.63, 3.8) is 0 Å². The van der Waals surface area contributed by atoms with E-state index in [9.17, 15) is 9.59 Å². The van der Waals surface area contributed by atoms with Crippen LogP contribution in [0.1, 0.15) is 37.8 Å². The SMILES string of the molecule is Cc1ccc(CN2C[C@@H](C(=O)N3C[C@@H](C)C[C@H](C)C3)CC2=O)cc1. The topological polar surface area (TPSA) is 40.6 Å². The van der Waals surface area contributed by atoms with Crippen molar-refractivity contribution in [1.29, 1.82) is 0 Å². The number of hydrogen-bond acceptors (Lipinski definition) is 2. The minimum absolute atomic E-state index is 0.104. The van der Waals surface area contributed by atoms with Gasteiger partial charge < -0.3 is 9.80 Å². The van der Waals surface area contributed by atoms with Gasteiger partial charge in [-0.3, -0.25) is 9.59 Å². The van der Waals surface area contributed by atoms with Gasteiger partial charge in [-0.25, -0.2) is 0 Å². The summed E-state index contributed by atoms with van der Waals surface area (Å²) in [7, 11) is 0. The Balaban J connectivity index is 1.61. The molecular weight excluding hydrogens is 300 g/mol. The number of aryl methyl sites for hydroxylation is 1. The first-order chi connectivity index (χ1) is 11.4. The van der Waals surface area contributed by atoms with Crippen LogP contribution in [0.25, 0.3) is 0 Å². The van der Waals surface area contributed by atoms with Gasteiger partial charge in [0.2, 0.25) is 11.8 Å². The number of carbonyl (C=O) groups excluding carboxylic acids is 2. The lowest BCUT2D eigenvalue weighted by Crippen LogP contribution is -2.45. The number of nitrogens with zero attached hydrogens (tertiary/aromatic N) is 2. The first-order valence-electron chi connectivity index (χ1n) is 9.04. The smallest absolute Gasteiger partial charge is 0.228 e. The number of benzene rings is 1. The highest BCUT2D eigenvalue weighted by atomic mass is 16.2. The molecule has 24 heavy (non-hydrogen) atoms. The summed E-state index contributed by atoms with van der Waals surface area (Å²) < 4.78 is 0. The molecule has 2 aliphatic heterocycles. The van der Waals surface area contributed by atoms with Crippen molar-refractivity contribution in [2.45, 2.75) is 40.2 Å². The Morgan fingerprint density at radius 3 is 2.33 bits per heavy atom. The van der Waals surface area contributed by atoms with Crippen molar-refractivity contribution >= 4 is 11.8 Å². The monoisotopic (exact) mass is 328 g/mol. The standard InChI is InChI=1S/C20H28N2O2/c1-14-4-6-17(7-5-14)12-21-13-18(9-19(21)23)20(24)22-10-15(2)8-16(3)11-22/h4-7,15-16,18H,8-13H2,1-3H3/t15-,16-,18-/m0/s1. The van der Waals surface area contributed by atoms with E-state index < -0.39 is 0 Å². The second kappa shape index (κ2) is 6.96. The van der Waals surface area contributed by atoms with E-state index in [2.05, 4.69) is 45.0 Å². The van der Waals surface area contributed by atoms with Gasteiger partial charge >= 0.3 is 0 Å². The lowest BCUT2D eigenvalue weighted by molar-refractivity contribution is -0.138. The predicted octanol–water partition coefficient (Wildman–Crippen LogP) is 2.85. The van der Waals surface area contributed by atoms with Crippen LogP contribution in [0.2, 0.25) is 0 Å². The van der Waals surface area contributed by atoms with Crippen LogP contribution in [0.4, 0.5) is 0 Å². The van der Waals surface area contributed by atoms with Gasteiger partial charge in [-0.1, -0.05) is 43.7 Å². The fourth-order valence-corrected chi connectivity index (χ4v) is 4.11. The van der Waals surface area contributed by atoms with Gasteiger partial charge in [0, 0.05) is 32.6 Å². The molecule has 2 amide bonds. The molecule has 0 N–H and O–H groups in total. The highest BCUT2D eigenvalue weighted by molar-refractivity contribution is 5.89. The summed E-state index contributed by atoms with van der Waals surface area (Å²) in [5, 5.41) is 0. The Labute approximate surface area is 144 Å². The average Bonchev–Trinajstić information content (AvgIpc) is 2.89. The molecule has 130 valence electrons. The zero-order valence-corrected chi connectivity index (χ0v) is 15.0. The van der Waals surface area contributed by atoms with Gasteiger partial charge in [-0.2, -0.15) is 0 Å². The van der Waals surface area contributed by atoms with Crippen molar-refractivity contribution < 1.29 is 9.59 Å². The summed E-state index contributed by atoms with van der Waals surface area (Å²) in [4.78, 5) is 29.0. The van der Waals surface area contributed by atoms with Crippen molar-refractivity contribution in [2.75, 3.05) is 19.6 Å². The molecule has 0 spiro atoms. The maximum Gasteiger partial charge on any atom is 0.228 e. The third-order valence-corrected chi connectivity index (χ3v) is 5.24. The van der Waals surface area contributed by atoms with Crippen LogP contribution in [-0.4, -0.2) is 41.2 Å². The molecule has 1 aromatic rings. The minimum Gasteiger partial charge on any atom is -0.342 e. The Bertz CT molecular complexity index is 601. The number of amides is 2. The zero-order valence-electron chi connectivity index (χ0n) is 15.0. The number of piperidine rings is 1. The molecule has 2 fully saturated rings. The highest BCUT2D eigenvalue weighted by Crippen LogP contribution is 2.26.